The Hall–Kier alpha value is -3.93. The van der Waals surface area contributed by atoms with Crippen molar-refractivity contribution < 1.29 is 28.6 Å². The number of hydrogen-bond donors (Lipinski definition) is 0. The maximum atomic E-state index is 12.8. The molecular formula is C62H102O6. The Morgan fingerprint density at radius 1 is 0.309 bits per heavy atom. The van der Waals surface area contributed by atoms with Crippen LogP contribution in [0.1, 0.15) is 245 Å². The molecule has 0 aliphatic carbocycles. The fourth-order valence-electron chi connectivity index (χ4n) is 7.46. The van der Waals surface area contributed by atoms with E-state index >= 15 is 0 Å². The van der Waals surface area contributed by atoms with Crippen molar-refractivity contribution in [2.24, 2.45) is 0 Å². The number of ether oxygens (including phenoxy) is 3. The highest BCUT2D eigenvalue weighted by molar-refractivity contribution is 5.71. The minimum absolute atomic E-state index is 0.105. The van der Waals surface area contributed by atoms with E-state index in [0.29, 0.717) is 12.8 Å². The van der Waals surface area contributed by atoms with Crippen LogP contribution in [-0.2, 0) is 28.6 Å². The first-order valence-electron chi connectivity index (χ1n) is 28.0. The van der Waals surface area contributed by atoms with Crippen molar-refractivity contribution in [3.8, 4) is 0 Å². The van der Waals surface area contributed by atoms with Gasteiger partial charge in [0.1, 0.15) is 13.2 Å². The van der Waals surface area contributed by atoms with Crippen molar-refractivity contribution in [1.82, 2.24) is 0 Å². The average molecular weight is 943 g/mol. The van der Waals surface area contributed by atoms with Crippen LogP contribution in [0.4, 0.5) is 0 Å². The first-order valence-corrected chi connectivity index (χ1v) is 28.0. The monoisotopic (exact) mass is 943 g/mol. The molecular weight excluding hydrogens is 841 g/mol. The highest BCUT2D eigenvalue weighted by Crippen LogP contribution is 2.14. The Morgan fingerprint density at radius 3 is 0.985 bits per heavy atom. The summed E-state index contributed by atoms with van der Waals surface area (Å²) in [4.78, 5) is 38.1. The fraction of sp³-hybridized carbons (Fsp3) is 0.661. The molecule has 0 heterocycles. The van der Waals surface area contributed by atoms with Crippen LogP contribution in [0.5, 0.6) is 0 Å². The average Bonchev–Trinajstić information content (AvgIpc) is 3.34. The fourth-order valence-corrected chi connectivity index (χ4v) is 7.46. The van der Waals surface area contributed by atoms with Crippen molar-refractivity contribution in [2.45, 2.75) is 252 Å². The van der Waals surface area contributed by atoms with Crippen LogP contribution in [0.3, 0.4) is 0 Å². The number of esters is 3. The van der Waals surface area contributed by atoms with Crippen molar-refractivity contribution in [3.05, 3.63) is 109 Å². The molecule has 0 rings (SSSR count). The van der Waals surface area contributed by atoms with Gasteiger partial charge in [-0.3, -0.25) is 14.4 Å². The van der Waals surface area contributed by atoms with E-state index in [1.165, 1.54) is 109 Å². The number of allylic oxidation sites excluding steroid dienone is 18. The van der Waals surface area contributed by atoms with E-state index in [4.69, 9.17) is 14.2 Å². The summed E-state index contributed by atoms with van der Waals surface area (Å²) in [5.41, 5.74) is 0. The second-order valence-electron chi connectivity index (χ2n) is 18.3. The molecule has 0 amide bonds. The lowest BCUT2D eigenvalue weighted by atomic mass is 10.1. The molecule has 0 spiro atoms. The molecule has 0 radical (unpaired) electrons. The lowest BCUT2D eigenvalue weighted by Gasteiger charge is -2.18. The lowest BCUT2D eigenvalue weighted by Crippen LogP contribution is -2.30. The molecule has 0 N–H and O–H groups in total. The van der Waals surface area contributed by atoms with E-state index in [0.717, 1.165) is 96.3 Å². The van der Waals surface area contributed by atoms with E-state index in [-0.39, 0.29) is 37.5 Å². The van der Waals surface area contributed by atoms with Gasteiger partial charge in [-0.2, -0.15) is 0 Å². The molecule has 0 saturated heterocycles. The molecule has 1 atom stereocenters. The second kappa shape index (κ2) is 55.7. The van der Waals surface area contributed by atoms with Gasteiger partial charge in [-0.15, -0.1) is 0 Å². The third kappa shape index (κ3) is 53.0. The summed E-state index contributed by atoms with van der Waals surface area (Å²) < 4.78 is 16.8. The van der Waals surface area contributed by atoms with Crippen LogP contribution in [0.25, 0.3) is 0 Å². The Bertz CT molecular complexity index is 1410. The number of carbonyl (C=O) groups is 3. The van der Waals surface area contributed by atoms with Crippen molar-refractivity contribution in [1.29, 1.82) is 0 Å². The first kappa shape index (κ1) is 64.1. The predicted molar refractivity (Wildman–Crippen MR) is 293 cm³/mol. The Balaban J connectivity index is 4.48. The predicted octanol–water partition coefficient (Wildman–Crippen LogP) is 18.7. The minimum atomic E-state index is -0.811. The van der Waals surface area contributed by atoms with Crippen LogP contribution < -0.4 is 0 Å². The first-order chi connectivity index (χ1) is 33.5. The van der Waals surface area contributed by atoms with Gasteiger partial charge >= 0.3 is 17.9 Å². The van der Waals surface area contributed by atoms with Gasteiger partial charge in [-0.1, -0.05) is 246 Å². The minimum Gasteiger partial charge on any atom is -0.462 e. The maximum absolute atomic E-state index is 12.8. The molecule has 0 aromatic carbocycles. The molecule has 0 aliphatic heterocycles. The maximum Gasteiger partial charge on any atom is 0.306 e. The van der Waals surface area contributed by atoms with Crippen LogP contribution in [0.15, 0.2) is 109 Å². The summed E-state index contributed by atoms with van der Waals surface area (Å²) in [6.45, 7) is 6.40. The van der Waals surface area contributed by atoms with Gasteiger partial charge < -0.3 is 14.2 Å². The summed E-state index contributed by atoms with van der Waals surface area (Å²) in [5, 5.41) is 0. The highest BCUT2D eigenvalue weighted by Gasteiger charge is 2.19. The molecule has 6 nitrogen and oxygen atoms in total. The summed E-state index contributed by atoms with van der Waals surface area (Å²) in [7, 11) is 0. The zero-order chi connectivity index (χ0) is 49.3. The molecule has 1 unspecified atom stereocenters. The summed E-state index contributed by atoms with van der Waals surface area (Å²) in [5.74, 6) is -0.973. The second-order valence-corrected chi connectivity index (χ2v) is 18.3. The highest BCUT2D eigenvalue weighted by atomic mass is 16.6. The van der Waals surface area contributed by atoms with Gasteiger partial charge in [0.25, 0.3) is 0 Å². The van der Waals surface area contributed by atoms with Crippen LogP contribution in [0.2, 0.25) is 0 Å². The largest absolute Gasteiger partial charge is 0.462 e. The number of unbranched alkanes of at least 4 members (excludes halogenated alkanes) is 26. The quantitative estimate of drug-likeness (QED) is 0.0199. The summed E-state index contributed by atoms with van der Waals surface area (Å²) in [6.07, 6.45) is 75.0. The van der Waals surface area contributed by atoms with Crippen molar-refractivity contribution in [3.63, 3.8) is 0 Å². The van der Waals surface area contributed by atoms with Gasteiger partial charge in [0.15, 0.2) is 6.10 Å². The van der Waals surface area contributed by atoms with Gasteiger partial charge in [0, 0.05) is 19.3 Å². The third-order valence-corrected chi connectivity index (χ3v) is 11.7. The molecule has 0 fully saturated rings. The van der Waals surface area contributed by atoms with Gasteiger partial charge in [-0.25, -0.2) is 0 Å². The van der Waals surface area contributed by atoms with Crippen molar-refractivity contribution >= 4 is 17.9 Å². The smallest absolute Gasteiger partial charge is 0.306 e. The Labute approximate surface area is 419 Å². The van der Waals surface area contributed by atoms with E-state index in [1.54, 1.807) is 0 Å². The molecule has 0 aromatic heterocycles. The topological polar surface area (TPSA) is 78.9 Å². The summed E-state index contributed by atoms with van der Waals surface area (Å²) >= 11 is 0. The van der Waals surface area contributed by atoms with E-state index < -0.39 is 6.10 Å². The number of rotatable bonds is 49. The normalized spacial score (nSPS) is 12.9. The van der Waals surface area contributed by atoms with Gasteiger partial charge in [0.2, 0.25) is 0 Å². The van der Waals surface area contributed by atoms with E-state index in [9.17, 15) is 14.4 Å². The lowest BCUT2D eigenvalue weighted by molar-refractivity contribution is -0.167. The molecule has 0 aromatic rings. The van der Waals surface area contributed by atoms with Gasteiger partial charge in [-0.05, 0) is 89.9 Å². The van der Waals surface area contributed by atoms with Crippen LogP contribution >= 0.6 is 0 Å². The molecule has 386 valence electrons. The molecule has 0 saturated carbocycles. The number of carbonyl (C=O) groups excluding carboxylic acids is 3. The zero-order valence-electron chi connectivity index (χ0n) is 44.1. The molecule has 0 bridgehead atoms. The Morgan fingerprint density at radius 2 is 0.588 bits per heavy atom. The molecule has 6 heteroatoms. The molecule has 68 heavy (non-hydrogen) atoms. The number of hydrogen-bond acceptors (Lipinski definition) is 6. The van der Waals surface area contributed by atoms with Crippen LogP contribution in [-0.4, -0.2) is 37.2 Å². The van der Waals surface area contributed by atoms with E-state index in [1.807, 2.05) is 36.5 Å². The van der Waals surface area contributed by atoms with Gasteiger partial charge in [0.05, 0.1) is 0 Å². The third-order valence-electron chi connectivity index (χ3n) is 11.7. The Kier molecular flexibility index (Phi) is 52.4. The van der Waals surface area contributed by atoms with Crippen molar-refractivity contribution in [2.75, 3.05) is 13.2 Å². The van der Waals surface area contributed by atoms with E-state index in [2.05, 4.69) is 93.7 Å². The zero-order valence-corrected chi connectivity index (χ0v) is 44.1. The summed E-state index contributed by atoms with van der Waals surface area (Å²) in [6, 6.07) is 0. The van der Waals surface area contributed by atoms with Crippen LogP contribution in [0, 0.1) is 0 Å². The molecule has 0 aliphatic rings. The standard InChI is InChI=1S/C62H102O6/c1-4-7-10-13-16-19-22-25-27-29-31-33-34-37-40-43-46-49-52-55-61(64)67-58-59(57-66-60(63)54-51-48-45-42-39-36-24-21-18-15-12-9-6-3)68-62(65)56-53-50-47-44-41-38-35-32-30-28-26-23-20-17-14-11-8-5-2/h9,12,15,17-18,20-21,23-24,26,28-32,35-36,39,59H,4-8,10-11,13-14,16,19,22,25,27,33-34,37-38,40-58H2,1-3H3/b12-9-,18-15-,20-17-,24-21-,26-23-,30-28-,31-29-,35-32-,39-36-. The SMILES string of the molecule is CC\C=C/C=C\C=C/C=C\CCCCCC(=O)OCC(COC(=O)CCCCCCCCC/C=C\CCCCCCCCCC)OC(=O)CCCCCCC\C=C/C=C\C=C/C=C\CCCCC.